The number of hydrogen-bond donors (Lipinski definition) is 0. The van der Waals surface area contributed by atoms with Crippen molar-refractivity contribution in [3.05, 3.63) is 35.4 Å². The molecule has 3 atom stereocenters. The summed E-state index contributed by atoms with van der Waals surface area (Å²) >= 11 is 0. The third kappa shape index (κ3) is 5.88. The molecule has 3 aliphatic rings. The van der Waals surface area contributed by atoms with Gasteiger partial charge in [-0.2, -0.15) is 17.0 Å². The average molecular weight is 490 g/mol. The molecule has 192 valence electrons. The van der Waals surface area contributed by atoms with Gasteiger partial charge in [0.25, 0.3) is 10.2 Å². The summed E-state index contributed by atoms with van der Waals surface area (Å²) in [5.41, 5.74) is 2.90. The highest BCUT2D eigenvalue weighted by atomic mass is 32.2. The lowest BCUT2D eigenvalue weighted by Gasteiger charge is -2.52. The van der Waals surface area contributed by atoms with Gasteiger partial charge in [-0.15, -0.1) is 0 Å². The van der Waals surface area contributed by atoms with Gasteiger partial charge in [-0.25, -0.2) is 0 Å². The van der Waals surface area contributed by atoms with E-state index in [2.05, 4.69) is 43.0 Å². The zero-order valence-electron chi connectivity index (χ0n) is 21.6. The SMILES string of the molecule is CCCCCCN(CCCCCC)S(=O)(=O)N1CCC[C@@H]2CN3CCc4ccccc4[C@H]3C[C@@H]21. The van der Waals surface area contributed by atoms with Crippen LogP contribution in [0.15, 0.2) is 24.3 Å². The van der Waals surface area contributed by atoms with Gasteiger partial charge in [-0.1, -0.05) is 76.6 Å². The van der Waals surface area contributed by atoms with Crippen molar-refractivity contribution in [2.45, 2.75) is 103 Å². The van der Waals surface area contributed by atoms with Crippen molar-refractivity contribution in [1.82, 2.24) is 13.5 Å². The molecule has 5 nitrogen and oxygen atoms in total. The Labute approximate surface area is 209 Å². The fraction of sp³-hybridized carbons (Fsp3) is 0.786. The lowest BCUT2D eigenvalue weighted by atomic mass is 9.77. The standard InChI is InChI=1S/C28H47N3O2S/c1-3-5-7-11-18-30(19-12-8-6-4-2)34(32,33)31-20-13-15-25-23-29-21-17-24-14-9-10-16-26(24)28(29)22-27(25)31/h9-10,14,16,25,27-28H,3-8,11-13,15,17-23H2,1-2H3/t25-,27+,28-/m1/s1. The van der Waals surface area contributed by atoms with Crippen molar-refractivity contribution < 1.29 is 8.42 Å². The molecule has 0 bridgehead atoms. The van der Waals surface area contributed by atoms with Gasteiger partial charge in [0.2, 0.25) is 0 Å². The monoisotopic (exact) mass is 489 g/mol. The summed E-state index contributed by atoms with van der Waals surface area (Å²) in [4.78, 5) is 2.65. The molecule has 0 unspecified atom stereocenters. The lowest BCUT2D eigenvalue weighted by Crippen LogP contribution is -2.59. The van der Waals surface area contributed by atoms with E-state index in [0.717, 1.165) is 64.5 Å². The Morgan fingerprint density at radius 2 is 1.65 bits per heavy atom. The van der Waals surface area contributed by atoms with Gasteiger partial charge in [-0.3, -0.25) is 4.90 Å². The topological polar surface area (TPSA) is 43.9 Å². The summed E-state index contributed by atoms with van der Waals surface area (Å²) in [6.07, 6.45) is 13.2. The highest BCUT2D eigenvalue weighted by molar-refractivity contribution is 7.86. The first-order valence-corrected chi connectivity index (χ1v) is 15.5. The van der Waals surface area contributed by atoms with Crippen molar-refractivity contribution in [2.24, 2.45) is 5.92 Å². The number of unbranched alkanes of at least 4 members (excludes halogenated alkanes) is 6. The maximum Gasteiger partial charge on any atom is 0.282 e. The van der Waals surface area contributed by atoms with Crippen LogP contribution < -0.4 is 0 Å². The molecule has 3 aliphatic heterocycles. The van der Waals surface area contributed by atoms with Gasteiger partial charge >= 0.3 is 0 Å². The van der Waals surface area contributed by atoms with Crippen molar-refractivity contribution in [3.8, 4) is 0 Å². The maximum absolute atomic E-state index is 14.1. The smallest absolute Gasteiger partial charge is 0.282 e. The molecule has 0 radical (unpaired) electrons. The van der Waals surface area contributed by atoms with Crippen LogP contribution in [0.2, 0.25) is 0 Å². The Balaban J connectivity index is 1.51. The lowest BCUT2D eigenvalue weighted by molar-refractivity contribution is 0.0197. The highest BCUT2D eigenvalue weighted by Crippen LogP contribution is 2.43. The molecular weight excluding hydrogens is 442 g/mol. The number of hydrogen-bond acceptors (Lipinski definition) is 3. The Hall–Kier alpha value is -0.950. The zero-order chi connectivity index (χ0) is 24.0. The first-order chi connectivity index (χ1) is 16.6. The predicted molar refractivity (Wildman–Crippen MR) is 141 cm³/mol. The molecule has 0 aliphatic carbocycles. The quantitative estimate of drug-likeness (QED) is 0.350. The summed E-state index contributed by atoms with van der Waals surface area (Å²) in [6.45, 7) is 8.63. The van der Waals surface area contributed by atoms with Crippen LogP contribution in [0.25, 0.3) is 0 Å². The van der Waals surface area contributed by atoms with Crippen LogP contribution in [-0.2, 0) is 16.6 Å². The van der Waals surface area contributed by atoms with Crippen LogP contribution in [0.4, 0.5) is 0 Å². The number of benzene rings is 1. The molecule has 4 rings (SSSR count). The first-order valence-electron chi connectivity index (χ1n) is 14.1. The molecule has 2 fully saturated rings. The van der Waals surface area contributed by atoms with Crippen molar-refractivity contribution >= 4 is 10.2 Å². The van der Waals surface area contributed by atoms with Crippen LogP contribution >= 0.6 is 0 Å². The molecule has 1 aromatic rings. The van der Waals surface area contributed by atoms with E-state index in [0.29, 0.717) is 31.6 Å². The maximum atomic E-state index is 14.1. The van der Waals surface area contributed by atoms with E-state index in [1.165, 1.54) is 36.8 Å². The normalized spacial score (nSPS) is 25.7. The summed E-state index contributed by atoms with van der Waals surface area (Å²) in [5.74, 6) is 0.465. The molecule has 34 heavy (non-hydrogen) atoms. The molecule has 1 aromatic carbocycles. The van der Waals surface area contributed by atoms with Crippen molar-refractivity contribution in [2.75, 3.05) is 32.7 Å². The summed E-state index contributed by atoms with van der Waals surface area (Å²) in [6, 6.07) is 9.35. The van der Waals surface area contributed by atoms with Gasteiger partial charge < -0.3 is 0 Å². The van der Waals surface area contributed by atoms with Gasteiger partial charge in [0, 0.05) is 44.8 Å². The van der Waals surface area contributed by atoms with E-state index >= 15 is 0 Å². The van der Waals surface area contributed by atoms with E-state index in [4.69, 9.17) is 0 Å². The minimum absolute atomic E-state index is 0.139. The second kappa shape index (κ2) is 12.3. The first kappa shape index (κ1) is 26.1. The number of fused-ring (bicyclic) bond motifs is 4. The molecule has 6 heteroatoms. The van der Waals surface area contributed by atoms with Crippen LogP contribution in [0.5, 0.6) is 0 Å². The number of piperidine rings is 2. The van der Waals surface area contributed by atoms with Crippen LogP contribution in [-0.4, -0.2) is 60.7 Å². The molecule has 0 amide bonds. The van der Waals surface area contributed by atoms with E-state index < -0.39 is 10.2 Å². The molecular formula is C28H47N3O2S. The predicted octanol–water partition coefficient (Wildman–Crippen LogP) is 5.78. The molecule has 2 saturated heterocycles. The van der Waals surface area contributed by atoms with Crippen LogP contribution in [0.3, 0.4) is 0 Å². The van der Waals surface area contributed by atoms with Crippen molar-refractivity contribution in [3.63, 3.8) is 0 Å². The van der Waals surface area contributed by atoms with E-state index in [1.807, 2.05) is 8.61 Å². The van der Waals surface area contributed by atoms with Crippen LogP contribution in [0.1, 0.15) is 102 Å². The summed E-state index contributed by atoms with van der Waals surface area (Å²) in [7, 11) is -3.44. The zero-order valence-corrected chi connectivity index (χ0v) is 22.4. The molecule has 0 aromatic heterocycles. The Kier molecular flexibility index (Phi) is 9.48. The van der Waals surface area contributed by atoms with Crippen molar-refractivity contribution in [1.29, 1.82) is 0 Å². The van der Waals surface area contributed by atoms with Crippen LogP contribution in [0, 0.1) is 5.92 Å². The largest absolute Gasteiger partial charge is 0.296 e. The molecule has 0 spiro atoms. The highest BCUT2D eigenvalue weighted by Gasteiger charge is 2.47. The third-order valence-electron chi connectivity index (χ3n) is 8.47. The van der Waals surface area contributed by atoms with Gasteiger partial charge in [-0.05, 0) is 55.6 Å². The molecule has 0 saturated carbocycles. The Morgan fingerprint density at radius 1 is 0.941 bits per heavy atom. The minimum Gasteiger partial charge on any atom is -0.296 e. The van der Waals surface area contributed by atoms with Gasteiger partial charge in [0.15, 0.2) is 0 Å². The number of rotatable bonds is 12. The van der Waals surface area contributed by atoms with E-state index in [1.54, 1.807) is 0 Å². The third-order valence-corrected chi connectivity index (χ3v) is 10.5. The fourth-order valence-electron chi connectivity index (χ4n) is 6.56. The minimum atomic E-state index is -3.44. The van der Waals surface area contributed by atoms with Gasteiger partial charge in [0.1, 0.15) is 0 Å². The fourth-order valence-corrected chi connectivity index (χ4v) is 8.54. The second-order valence-corrected chi connectivity index (χ2v) is 12.7. The van der Waals surface area contributed by atoms with Gasteiger partial charge in [0.05, 0.1) is 0 Å². The Morgan fingerprint density at radius 3 is 2.35 bits per heavy atom. The summed E-state index contributed by atoms with van der Waals surface area (Å²) < 4.78 is 32.0. The second-order valence-electron chi connectivity index (χ2n) is 10.8. The Bertz CT molecular complexity index is 862. The average Bonchev–Trinajstić information content (AvgIpc) is 2.86. The molecule has 0 N–H and O–H groups in total. The van der Waals surface area contributed by atoms with E-state index in [-0.39, 0.29) is 6.04 Å². The molecule has 3 heterocycles. The summed E-state index contributed by atoms with van der Waals surface area (Å²) in [5, 5.41) is 0. The van der Waals surface area contributed by atoms with E-state index in [9.17, 15) is 8.42 Å². The number of nitrogens with zero attached hydrogens (tertiary/aromatic N) is 3.